The Kier molecular flexibility index (Phi) is 4.88. The van der Waals surface area contributed by atoms with Crippen molar-refractivity contribution in [3.05, 3.63) is 17.6 Å². The molecular formula is C14H24N2O3S. The third-order valence-corrected chi connectivity index (χ3v) is 5.63. The van der Waals surface area contributed by atoms with E-state index in [9.17, 15) is 8.42 Å². The second kappa shape index (κ2) is 6.28. The van der Waals surface area contributed by atoms with Crippen molar-refractivity contribution in [2.75, 3.05) is 19.6 Å². The van der Waals surface area contributed by atoms with Crippen molar-refractivity contribution in [2.24, 2.45) is 5.92 Å². The van der Waals surface area contributed by atoms with Gasteiger partial charge < -0.3 is 9.73 Å². The van der Waals surface area contributed by atoms with E-state index in [4.69, 9.17) is 4.42 Å². The summed E-state index contributed by atoms with van der Waals surface area (Å²) < 4.78 is 32.3. The van der Waals surface area contributed by atoms with E-state index in [1.807, 2.05) is 0 Å². The minimum atomic E-state index is -3.40. The Labute approximate surface area is 121 Å². The zero-order valence-corrected chi connectivity index (χ0v) is 13.3. The summed E-state index contributed by atoms with van der Waals surface area (Å²) in [6.45, 7) is 8.57. The van der Waals surface area contributed by atoms with E-state index in [0.717, 1.165) is 19.4 Å². The lowest BCUT2D eigenvalue weighted by Crippen LogP contribution is -2.28. The first kappa shape index (κ1) is 15.5. The number of aryl methyl sites for hydroxylation is 1. The average Bonchev–Trinajstić information content (AvgIpc) is 2.97. The van der Waals surface area contributed by atoms with Gasteiger partial charge in [0.1, 0.15) is 16.4 Å². The minimum Gasteiger partial charge on any atom is -0.464 e. The smallest absolute Gasteiger partial charge is 0.246 e. The second-order valence-electron chi connectivity index (χ2n) is 5.57. The fraction of sp³-hybridized carbons (Fsp3) is 0.714. The van der Waals surface area contributed by atoms with E-state index in [0.29, 0.717) is 42.0 Å². The van der Waals surface area contributed by atoms with Crippen molar-refractivity contribution in [3.63, 3.8) is 0 Å². The molecule has 0 radical (unpaired) electrons. The monoisotopic (exact) mass is 300 g/mol. The summed E-state index contributed by atoms with van der Waals surface area (Å²) in [6.07, 6.45) is 1.97. The number of furan rings is 1. The maximum Gasteiger partial charge on any atom is 0.246 e. The van der Waals surface area contributed by atoms with Crippen molar-refractivity contribution < 1.29 is 12.8 Å². The standard InChI is InChI=1S/C14H24N2O3S/c1-4-6-15-9-13-8-14(12(3)19-13)20(17,18)16-7-5-11(2)10-16/h8,11,15H,4-7,9-10H2,1-3H3. The van der Waals surface area contributed by atoms with E-state index in [-0.39, 0.29) is 0 Å². The van der Waals surface area contributed by atoms with Crippen molar-refractivity contribution >= 4 is 10.0 Å². The molecule has 5 nitrogen and oxygen atoms in total. The molecule has 0 aliphatic carbocycles. The van der Waals surface area contributed by atoms with Crippen molar-refractivity contribution in [3.8, 4) is 0 Å². The maximum atomic E-state index is 12.6. The Morgan fingerprint density at radius 1 is 1.50 bits per heavy atom. The van der Waals surface area contributed by atoms with Crippen LogP contribution in [0, 0.1) is 12.8 Å². The number of hydrogen-bond donors (Lipinski definition) is 1. The van der Waals surface area contributed by atoms with E-state index in [1.54, 1.807) is 17.3 Å². The molecule has 2 heterocycles. The molecular weight excluding hydrogens is 276 g/mol. The van der Waals surface area contributed by atoms with Crippen LogP contribution in [0.5, 0.6) is 0 Å². The van der Waals surface area contributed by atoms with Gasteiger partial charge in [0, 0.05) is 19.2 Å². The molecule has 1 unspecified atom stereocenters. The van der Waals surface area contributed by atoms with Gasteiger partial charge in [0.05, 0.1) is 6.54 Å². The zero-order chi connectivity index (χ0) is 14.8. The van der Waals surface area contributed by atoms with Gasteiger partial charge in [-0.05, 0) is 32.2 Å². The maximum absolute atomic E-state index is 12.6. The fourth-order valence-electron chi connectivity index (χ4n) is 2.51. The highest BCUT2D eigenvalue weighted by Crippen LogP contribution is 2.28. The first-order chi connectivity index (χ1) is 9.45. The van der Waals surface area contributed by atoms with Crippen LogP contribution in [0.15, 0.2) is 15.4 Å². The van der Waals surface area contributed by atoms with Crippen LogP contribution < -0.4 is 5.32 Å². The van der Waals surface area contributed by atoms with Crippen LogP contribution in [0.4, 0.5) is 0 Å². The third-order valence-electron chi connectivity index (χ3n) is 3.65. The van der Waals surface area contributed by atoms with Gasteiger partial charge in [-0.2, -0.15) is 4.31 Å². The zero-order valence-electron chi connectivity index (χ0n) is 12.5. The Bertz CT molecular complexity index is 551. The molecule has 1 aromatic rings. The third kappa shape index (κ3) is 3.24. The molecule has 1 aliphatic heterocycles. The van der Waals surface area contributed by atoms with Crippen LogP contribution in [0.3, 0.4) is 0 Å². The topological polar surface area (TPSA) is 62.6 Å². The summed E-state index contributed by atoms with van der Waals surface area (Å²) in [5.41, 5.74) is 0. The molecule has 114 valence electrons. The van der Waals surface area contributed by atoms with Gasteiger partial charge in [-0.25, -0.2) is 8.42 Å². The van der Waals surface area contributed by atoms with E-state index in [2.05, 4.69) is 19.2 Å². The highest BCUT2D eigenvalue weighted by molar-refractivity contribution is 7.89. The molecule has 6 heteroatoms. The molecule has 2 rings (SSSR count). The number of nitrogens with one attached hydrogen (secondary N) is 1. The molecule has 1 N–H and O–H groups in total. The predicted molar refractivity (Wildman–Crippen MR) is 78.0 cm³/mol. The number of hydrogen-bond acceptors (Lipinski definition) is 4. The van der Waals surface area contributed by atoms with Gasteiger partial charge in [0.2, 0.25) is 10.0 Å². The molecule has 1 saturated heterocycles. The number of sulfonamides is 1. The van der Waals surface area contributed by atoms with Crippen LogP contribution >= 0.6 is 0 Å². The summed E-state index contributed by atoms with van der Waals surface area (Å²) in [7, 11) is -3.40. The Morgan fingerprint density at radius 3 is 2.85 bits per heavy atom. The fourth-order valence-corrected chi connectivity index (χ4v) is 4.27. The lowest BCUT2D eigenvalue weighted by molar-refractivity contribution is 0.447. The summed E-state index contributed by atoms with van der Waals surface area (Å²) in [5, 5.41) is 3.22. The van der Waals surface area contributed by atoms with Crippen LogP contribution in [0.25, 0.3) is 0 Å². The summed E-state index contributed by atoms with van der Waals surface area (Å²) in [6, 6.07) is 1.66. The summed E-state index contributed by atoms with van der Waals surface area (Å²) in [4.78, 5) is 0.319. The largest absolute Gasteiger partial charge is 0.464 e. The SMILES string of the molecule is CCCNCc1cc(S(=O)(=O)N2CCC(C)C2)c(C)o1. The molecule has 0 saturated carbocycles. The predicted octanol–water partition coefficient (Wildman–Crippen LogP) is 2.12. The molecule has 0 aromatic carbocycles. The molecule has 0 spiro atoms. The Balaban J connectivity index is 2.15. The van der Waals surface area contributed by atoms with Crippen LogP contribution in [0.2, 0.25) is 0 Å². The van der Waals surface area contributed by atoms with Crippen LogP contribution in [-0.4, -0.2) is 32.4 Å². The van der Waals surface area contributed by atoms with Crippen molar-refractivity contribution in [1.82, 2.24) is 9.62 Å². The first-order valence-corrected chi connectivity index (χ1v) is 8.69. The van der Waals surface area contributed by atoms with Crippen LogP contribution in [-0.2, 0) is 16.6 Å². The molecule has 1 aromatic heterocycles. The quantitative estimate of drug-likeness (QED) is 0.817. The summed E-state index contributed by atoms with van der Waals surface area (Å²) >= 11 is 0. The van der Waals surface area contributed by atoms with E-state index < -0.39 is 10.0 Å². The minimum absolute atomic E-state index is 0.319. The van der Waals surface area contributed by atoms with Crippen molar-refractivity contribution in [2.45, 2.75) is 45.1 Å². The molecule has 1 atom stereocenters. The van der Waals surface area contributed by atoms with Gasteiger partial charge in [-0.1, -0.05) is 13.8 Å². The van der Waals surface area contributed by atoms with Gasteiger partial charge >= 0.3 is 0 Å². The first-order valence-electron chi connectivity index (χ1n) is 7.25. The van der Waals surface area contributed by atoms with Gasteiger partial charge in [0.25, 0.3) is 0 Å². The van der Waals surface area contributed by atoms with Gasteiger partial charge in [-0.3, -0.25) is 0 Å². The Hall–Kier alpha value is -0.850. The lowest BCUT2D eigenvalue weighted by atomic mass is 10.2. The van der Waals surface area contributed by atoms with Crippen LogP contribution in [0.1, 0.15) is 38.2 Å². The second-order valence-corrected chi connectivity index (χ2v) is 7.47. The van der Waals surface area contributed by atoms with E-state index >= 15 is 0 Å². The average molecular weight is 300 g/mol. The van der Waals surface area contributed by atoms with E-state index in [1.165, 1.54) is 0 Å². The lowest BCUT2D eigenvalue weighted by Gasteiger charge is -2.14. The number of rotatable bonds is 6. The highest BCUT2D eigenvalue weighted by Gasteiger charge is 2.33. The Morgan fingerprint density at radius 2 is 2.25 bits per heavy atom. The van der Waals surface area contributed by atoms with Crippen molar-refractivity contribution in [1.29, 1.82) is 0 Å². The normalized spacial score (nSPS) is 20.6. The molecule has 1 fully saturated rings. The number of nitrogens with zero attached hydrogens (tertiary/aromatic N) is 1. The van der Waals surface area contributed by atoms with Gasteiger partial charge in [-0.15, -0.1) is 0 Å². The van der Waals surface area contributed by atoms with Gasteiger partial charge in [0.15, 0.2) is 0 Å². The summed E-state index contributed by atoms with van der Waals surface area (Å²) in [5.74, 6) is 1.60. The molecule has 20 heavy (non-hydrogen) atoms. The molecule has 0 amide bonds. The molecule has 0 bridgehead atoms. The molecule has 1 aliphatic rings. The highest BCUT2D eigenvalue weighted by atomic mass is 32.2.